The fourth-order valence-corrected chi connectivity index (χ4v) is 2.37. The monoisotopic (exact) mass is 320 g/mol. The van der Waals surface area contributed by atoms with E-state index >= 15 is 0 Å². The van der Waals surface area contributed by atoms with Gasteiger partial charge < -0.3 is 5.11 Å². The van der Waals surface area contributed by atoms with Crippen LogP contribution in [0.15, 0.2) is 42.5 Å². The first-order chi connectivity index (χ1) is 10.2. The summed E-state index contributed by atoms with van der Waals surface area (Å²) in [5, 5.41) is 22.3. The highest BCUT2D eigenvalue weighted by Crippen LogP contribution is 2.29. The Bertz CT molecular complexity index is 788. The Labute approximate surface area is 130 Å². The number of para-hydroxylation sites is 1. The lowest BCUT2D eigenvalue weighted by Gasteiger charge is -2.08. The zero-order chi connectivity index (χ0) is 14.8. The van der Waals surface area contributed by atoms with Crippen molar-refractivity contribution in [3.63, 3.8) is 0 Å². The zero-order valence-electron chi connectivity index (χ0n) is 10.7. The molecule has 3 aromatic rings. The molecule has 21 heavy (non-hydrogen) atoms. The van der Waals surface area contributed by atoms with Crippen molar-refractivity contribution in [1.29, 1.82) is 0 Å². The molecular weight excluding hydrogens is 311 g/mol. The molecule has 1 aromatic heterocycles. The maximum absolute atomic E-state index is 9.84. The minimum Gasteiger partial charge on any atom is -0.508 e. The van der Waals surface area contributed by atoms with E-state index in [9.17, 15) is 5.11 Å². The summed E-state index contributed by atoms with van der Waals surface area (Å²) in [6.07, 6.45) is 0.377. The van der Waals surface area contributed by atoms with Crippen LogP contribution in [0.3, 0.4) is 0 Å². The first-order valence-corrected chi connectivity index (χ1v) is 6.91. The second-order valence-corrected chi connectivity index (χ2v) is 5.17. The number of tetrazole rings is 1. The van der Waals surface area contributed by atoms with Gasteiger partial charge in [0.25, 0.3) is 0 Å². The maximum atomic E-state index is 9.84. The van der Waals surface area contributed by atoms with Crippen LogP contribution in [0.4, 0.5) is 0 Å². The van der Waals surface area contributed by atoms with E-state index < -0.39 is 0 Å². The quantitative estimate of drug-likeness (QED) is 0.804. The Hall–Kier alpha value is -2.11. The smallest absolute Gasteiger partial charge is 0.161 e. The van der Waals surface area contributed by atoms with Crippen molar-refractivity contribution < 1.29 is 5.11 Å². The minimum absolute atomic E-state index is 0.198. The third-order valence-electron chi connectivity index (χ3n) is 3.03. The number of benzene rings is 2. The molecule has 0 spiro atoms. The largest absolute Gasteiger partial charge is 0.508 e. The van der Waals surface area contributed by atoms with Crippen LogP contribution >= 0.6 is 23.2 Å². The molecule has 0 unspecified atom stereocenters. The third-order valence-corrected chi connectivity index (χ3v) is 3.84. The molecule has 0 atom stereocenters. The molecule has 1 heterocycles. The summed E-state index contributed by atoms with van der Waals surface area (Å²) in [4.78, 5) is 0. The molecule has 0 amide bonds. The highest BCUT2D eigenvalue weighted by atomic mass is 35.5. The van der Waals surface area contributed by atoms with Gasteiger partial charge in [0.15, 0.2) is 5.82 Å². The number of halogens is 2. The third kappa shape index (κ3) is 2.70. The standard InChI is InChI=1S/C14H10Cl2N4O/c15-10-5-3-6-11(14(10)16)20-13(17-18-19-20)8-9-4-1-2-7-12(9)21/h1-7,21H,8H2. The molecule has 0 bridgehead atoms. The van der Waals surface area contributed by atoms with Gasteiger partial charge in [0.1, 0.15) is 5.75 Å². The molecule has 0 saturated carbocycles. The Balaban J connectivity index is 2.02. The molecule has 2 aromatic carbocycles. The van der Waals surface area contributed by atoms with Crippen LogP contribution in [0, 0.1) is 0 Å². The second-order valence-electron chi connectivity index (χ2n) is 4.39. The lowest BCUT2D eigenvalue weighted by Crippen LogP contribution is -2.05. The number of nitrogens with zero attached hydrogens (tertiary/aromatic N) is 4. The molecule has 0 fully saturated rings. The van der Waals surface area contributed by atoms with E-state index in [0.717, 1.165) is 5.56 Å². The number of rotatable bonds is 3. The van der Waals surface area contributed by atoms with Crippen LogP contribution in [0.2, 0.25) is 10.0 Å². The van der Waals surface area contributed by atoms with Gasteiger partial charge in [-0.3, -0.25) is 0 Å². The number of hydrogen-bond donors (Lipinski definition) is 1. The van der Waals surface area contributed by atoms with E-state index in [1.54, 1.807) is 30.3 Å². The Morgan fingerprint density at radius 1 is 1.05 bits per heavy atom. The number of aromatic hydroxyl groups is 1. The molecule has 0 radical (unpaired) electrons. The molecule has 1 N–H and O–H groups in total. The van der Waals surface area contributed by atoms with E-state index in [0.29, 0.717) is 28.0 Å². The van der Waals surface area contributed by atoms with Crippen molar-refractivity contribution in [2.24, 2.45) is 0 Å². The van der Waals surface area contributed by atoms with Crippen molar-refractivity contribution >= 4 is 23.2 Å². The van der Waals surface area contributed by atoms with Crippen molar-refractivity contribution in [3.05, 3.63) is 63.9 Å². The molecular formula is C14H10Cl2N4O. The van der Waals surface area contributed by atoms with Gasteiger partial charge in [-0.05, 0) is 28.6 Å². The van der Waals surface area contributed by atoms with E-state index in [-0.39, 0.29) is 5.75 Å². The fourth-order valence-electron chi connectivity index (χ4n) is 1.99. The van der Waals surface area contributed by atoms with Gasteiger partial charge in [-0.25, -0.2) is 0 Å². The predicted octanol–water partition coefficient (Wildman–Crippen LogP) is 3.27. The lowest BCUT2D eigenvalue weighted by molar-refractivity contribution is 0.469. The molecule has 0 aliphatic carbocycles. The number of phenolic OH excluding ortho intramolecular Hbond substituents is 1. The van der Waals surface area contributed by atoms with Crippen molar-refractivity contribution in [2.45, 2.75) is 6.42 Å². The van der Waals surface area contributed by atoms with Crippen LogP contribution in [0.5, 0.6) is 5.75 Å². The number of phenols is 1. The number of aromatic nitrogens is 4. The van der Waals surface area contributed by atoms with Crippen LogP contribution in [0.25, 0.3) is 5.69 Å². The zero-order valence-corrected chi connectivity index (χ0v) is 12.3. The van der Waals surface area contributed by atoms with Gasteiger partial charge in [-0.2, -0.15) is 4.68 Å². The first kappa shape index (κ1) is 13.9. The SMILES string of the molecule is Oc1ccccc1Cc1nnnn1-c1cccc(Cl)c1Cl. The first-order valence-electron chi connectivity index (χ1n) is 6.15. The van der Waals surface area contributed by atoms with Gasteiger partial charge in [0, 0.05) is 12.0 Å². The van der Waals surface area contributed by atoms with Crippen LogP contribution in [-0.2, 0) is 6.42 Å². The maximum Gasteiger partial charge on any atom is 0.161 e. The molecule has 106 valence electrons. The predicted molar refractivity (Wildman–Crippen MR) is 80.1 cm³/mol. The summed E-state index contributed by atoms with van der Waals surface area (Å²) < 4.78 is 1.51. The summed E-state index contributed by atoms with van der Waals surface area (Å²) in [7, 11) is 0. The summed E-state index contributed by atoms with van der Waals surface area (Å²) in [5.41, 5.74) is 1.33. The molecule has 7 heteroatoms. The average molecular weight is 321 g/mol. The van der Waals surface area contributed by atoms with Crippen molar-refractivity contribution in [1.82, 2.24) is 20.2 Å². The highest BCUT2D eigenvalue weighted by molar-refractivity contribution is 6.43. The molecule has 0 aliphatic rings. The summed E-state index contributed by atoms with van der Waals surface area (Å²) in [6, 6.07) is 12.3. The van der Waals surface area contributed by atoms with Crippen LogP contribution in [-0.4, -0.2) is 25.3 Å². The van der Waals surface area contributed by atoms with Gasteiger partial charge >= 0.3 is 0 Å². The second kappa shape index (κ2) is 5.71. The normalized spacial score (nSPS) is 10.8. The van der Waals surface area contributed by atoms with E-state index in [4.69, 9.17) is 23.2 Å². The van der Waals surface area contributed by atoms with Crippen LogP contribution in [0.1, 0.15) is 11.4 Å². The molecule has 3 rings (SSSR count). The van der Waals surface area contributed by atoms with Gasteiger partial charge in [0.2, 0.25) is 0 Å². The van der Waals surface area contributed by atoms with Gasteiger partial charge in [-0.15, -0.1) is 5.10 Å². The lowest BCUT2D eigenvalue weighted by atomic mass is 10.1. The van der Waals surface area contributed by atoms with E-state index in [2.05, 4.69) is 15.5 Å². The topological polar surface area (TPSA) is 63.8 Å². The van der Waals surface area contributed by atoms with Crippen molar-refractivity contribution in [2.75, 3.05) is 0 Å². The van der Waals surface area contributed by atoms with Gasteiger partial charge in [0.05, 0.1) is 15.7 Å². The molecule has 0 aliphatic heterocycles. The fraction of sp³-hybridized carbons (Fsp3) is 0.0714. The Morgan fingerprint density at radius 3 is 2.67 bits per heavy atom. The summed E-state index contributed by atoms with van der Waals surface area (Å²) >= 11 is 12.2. The average Bonchev–Trinajstić information content (AvgIpc) is 2.92. The Morgan fingerprint density at radius 2 is 1.86 bits per heavy atom. The summed E-state index contributed by atoms with van der Waals surface area (Å²) in [5.74, 6) is 0.755. The highest BCUT2D eigenvalue weighted by Gasteiger charge is 2.14. The molecule has 0 saturated heterocycles. The minimum atomic E-state index is 0.198. The molecule has 5 nitrogen and oxygen atoms in total. The Kier molecular flexibility index (Phi) is 3.77. The van der Waals surface area contributed by atoms with E-state index in [1.807, 2.05) is 12.1 Å². The van der Waals surface area contributed by atoms with E-state index in [1.165, 1.54) is 4.68 Å². The van der Waals surface area contributed by atoms with Crippen molar-refractivity contribution in [3.8, 4) is 11.4 Å². The number of hydrogen-bond acceptors (Lipinski definition) is 4. The van der Waals surface area contributed by atoms with Gasteiger partial charge in [-0.1, -0.05) is 47.5 Å². The summed E-state index contributed by atoms with van der Waals surface area (Å²) in [6.45, 7) is 0. The van der Waals surface area contributed by atoms with Crippen LogP contribution < -0.4 is 0 Å².